The van der Waals surface area contributed by atoms with E-state index in [-0.39, 0.29) is 24.0 Å². The quantitative estimate of drug-likeness (QED) is 0.392. The highest BCUT2D eigenvalue weighted by atomic mass is 127. The van der Waals surface area contributed by atoms with Crippen molar-refractivity contribution in [2.75, 3.05) is 24.6 Å². The third-order valence-corrected chi connectivity index (χ3v) is 4.25. The van der Waals surface area contributed by atoms with Crippen molar-refractivity contribution in [1.29, 1.82) is 0 Å². The van der Waals surface area contributed by atoms with E-state index in [1.54, 1.807) is 24.3 Å². The normalized spacial score (nSPS) is 22.4. The zero-order valence-corrected chi connectivity index (χ0v) is 14.7. The Labute approximate surface area is 141 Å². The van der Waals surface area contributed by atoms with E-state index in [2.05, 4.69) is 15.6 Å². The fourth-order valence-electron chi connectivity index (χ4n) is 1.88. The number of aliphatic imine (C=N–C) groups is 1. The molecular formula is C13H22IN3O2S. The average Bonchev–Trinajstić information content (AvgIpc) is 3.05. The van der Waals surface area contributed by atoms with E-state index >= 15 is 0 Å². The number of furan rings is 1. The molecule has 0 amide bonds. The highest BCUT2D eigenvalue weighted by Crippen LogP contribution is 2.26. The first kappa shape index (κ1) is 17.6. The molecule has 7 heteroatoms. The molecule has 0 saturated carbocycles. The van der Waals surface area contributed by atoms with Gasteiger partial charge in [-0.05, 0) is 25.2 Å². The molecule has 2 heterocycles. The Hall–Kier alpha value is -0.410. The zero-order valence-electron chi connectivity index (χ0n) is 11.6. The molecule has 1 aromatic heterocycles. The fraction of sp³-hybridized carbons (Fsp3) is 0.615. The molecule has 2 rings (SSSR count). The summed E-state index contributed by atoms with van der Waals surface area (Å²) >= 11 is 1.79. The number of nitrogens with one attached hydrogen (secondary N) is 2. The standard InChI is InChI=1S/C13H21N3O2S.HI/c1-2-14-12(15-7-11-3-5-18-8-11)16-9-13(17)4-6-19-10-13;/h3,5,8,17H,2,4,6-7,9-10H2,1H3,(H2,14,15,16);1H. The molecule has 0 aromatic carbocycles. The van der Waals surface area contributed by atoms with Crippen LogP contribution in [0.25, 0.3) is 0 Å². The molecule has 20 heavy (non-hydrogen) atoms. The summed E-state index contributed by atoms with van der Waals surface area (Å²) in [6.07, 6.45) is 4.17. The molecule has 0 bridgehead atoms. The molecule has 1 aliphatic rings. The highest BCUT2D eigenvalue weighted by Gasteiger charge is 2.31. The monoisotopic (exact) mass is 411 g/mol. The summed E-state index contributed by atoms with van der Waals surface area (Å²) < 4.78 is 5.01. The summed E-state index contributed by atoms with van der Waals surface area (Å²) in [7, 11) is 0. The van der Waals surface area contributed by atoms with Gasteiger partial charge in [-0.15, -0.1) is 24.0 Å². The van der Waals surface area contributed by atoms with Crippen molar-refractivity contribution < 1.29 is 9.52 Å². The maximum Gasteiger partial charge on any atom is 0.191 e. The van der Waals surface area contributed by atoms with Gasteiger partial charge in [0.15, 0.2) is 5.96 Å². The predicted octanol–water partition coefficient (Wildman–Crippen LogP) is 1.82. The van der Waals surface area contributed by atoms with Crippen LogP contribution < -0.4 is 10.6 Å². The predicted molar refractivity (Wildman–Crippen MR) is 93.8 cm³/mol. The van der Waals surface area contributed by atoms with Gasteiger partial charge in [-0.3, -0.25) is 0 Å². The molecule has 114 valence electrons. The maximum absolute atomic E-state index is 10.3. The number of aliphatic hydroxyl groups is 1. The molecule has 5 nitrogen and oxygen atoms in total. The Kier molecular flexibility index (Phi) is 7.75. The Balaban J connectivity index is 0.00000200. The smallest absolute Gasteiger partial charge is 0.191 e. The lowest BCUT2D eigenvalue weighted by Crippen LogP contribution is -2.47. The lowest BCUT2D eigenvalue weighted by Gasteiger charge is -2.23. The Bertz CT molecular complexity index is 406. The van der Waals surface area contributed by atoms with Crippen LogP contribution in [0.3, 0.4) is 0 Å². The van der Waals surface area contributed by atoms with Crippen LogP contribution in [0.2, 0.25) is 0 Å². The van der Waals surface area contributed by atoms with E-state index < -0.39 is 5.60 Å². The third kappa shape index (κ3) is 5.53. The van der Waals surface area contributed by atoms with Crippen LogP contribution in [0.5, 0.6) is 0 Å². The Morgan fingerprint density at radius 1 is 1.55 bits per heavy atom. The topological polar surface area (TPSA) is 69.8 Å². The molecule has 1 unspecified atom stereocenters. The summed E-state index contributed by atoms with van der Waals surface area (Å²) in [5, 5.41) is 16.7. The minimum Gasteiger partial charge on any atom is -0.472 e. The van der Waals surface area contributed by atoms with Gasteiger partial charge < -0.3 is 20.2 Å². The van der Waals surface area contributed by atoms with Crippen molar-refractivity contribution in [3.8, 4) is 0 Å². The van der Waals surface area contributed by atoms with Gasteiger partial charge >= 0.3 is 0 Å². The van der Waals surface area contributed by atoms with Crippen LogP contribution in [0.4, 0.5) is 0 Å². The van der Waals surface area contributed by atoms with Gasteiger partial charge in [0.1, 0.15) is 0 Å². The second-order valence-corrected chi connectivity index (χ2v) is 5.81. The van der Waals surface area contributed by atoms with Crippen molar-refractivity contribution in [3.05, 3.63) is 24.2 Å². The minimum absolute atomic E-state index is 0. The van der Waals surface area contributed by atoms with Crippen LogP contribution >= 0.6 is 35.7 Å². The van der Waals surface area contributed by atoms with E-state index in [1.165, 1.54) is 0 Å². The van der Waals surface area contributed by atoms with Crippen molar-refractivity contribution in [2.45, 2.75) is 25.5 Å². The van der Waals surface area contributed by atoms with Crippen LogP contribution in [0.1, 0.15) is 18.9 Å². The summed E-state index contributed by atoms with van der Waals surface area (Å²) in [6.45, 7) is 3.93. The van der Waals surface area contributed by atoms with Gasteiger partial charge in [0.25, 0.3) is 0 Å². The molecule has 1 aliphatic heterocycles. The number of nitrogens with zero attached hydrogens (tertiary/aromatic N) is 1. The van der Waals surface area contributed by atoms with Crippen LogP contribution in [0, 0.1) is 0 Å². The summed E-state index contributed by atoms with van der Waals surface area (Å²) in [4.78, 5) is 4.46. The molecular weight excluding hydrogens is 389 g/mol. The summed E-state index contributed by atoms with van der Waals surface area (Å²) in [6, 6.07) is 1.90. The summed E-state index contributed by atoms with van der Waals surface area (Å²) in [5.41, 5.74) is 0.434. The largest absolute Gasteiger partial charge is 0.472 e. The third-order valence-electron chi connectivity index (χ3n) is 3.01. The molecule has 1 saturated heterocycles. The number of hydrogen-bond donors (Lipinski definition) is 3. The Morgan fingerprint density at radius 3 is 3.00 bits per heavy atom. The molecule has 1 fully saturated rings. The second-order valence-electron chi connectivity index (χ2n) is 4.71. The second kappa shape index (κ2) is 8.78. The average molecular weight is 411 g/mol. The van der Waals surface area contributed by atoms with Crippen molar-refractivity contribution in [3.63, 3.8) is 0 Å². The first-order chi connectivity index (χ1) is 9.22. The molecule has 0 aliphatic carbocycles. The van der Waals surface area contributed by atoms with Crippen molar-refractivity contribution in [2.24, 2.45) is 4.99 Å². The lowest BCUT2D eigenvalue weighted by molar-refractivity contribution is 0.0724. The SMILES string of the molecule is CCNC(=NCc1ccoc1)NCC1(O)CCSC1.I. The van der Waals surface area contributed by atoms with Crippen molar-refractivity contribution >= 4 is 41.7 Å². The summed E-state index contributed by atoms with van der Waals surface area (Å²) in [5.74, 6) is 2.55. The lowest BCUT2D eigenvalue weighted by atomic mass is 10.0. The van der Waals surface area contributed by atoms with Crippen LogP contribution in [0.15, 0.2) is 28.0 Å². The van der Waals surface area contributed by atoms with E-state index in [1.807, 2.05) is 13.0 Å². The molecule has 0 spiro atoms. The first-order valence-corrected chi connectivity index (χ1v) is 7.71. The highest BCUT2D eigenvalue weighted by molar-refractivity contribution is 14.0. The zero-order chi connectivity index (χ0) is 13.6. The van der Waals surface area contributed by atoms with E-state index in [4.69, 9.17) is 4.42 Å². The van der Waals surface area contributed by atoms with Crippen LogP contribution in [-0.4, -0.2) is 41.3 Å². The fourth-order valence-corrected chi connectivity index (χ4v) is 3.17. The maximum atomic E-state index is 10.3. The number of halogens is 1. The van der Waals surface area contributed by atoms with Gasteiger partial charge in [-0.1, -0.05) is 0 Å². The van der Waals surface area contributed by atoms with E-state index in [0.717, 1.165) is 36.0 Å². The van der Waals surface area contributed by atoms with Crippen LogP contribution in [-0.2, 0) is 6.54 Å². The van der Waals surface area contributed by atoms with E-state index in [9.17, 15) is 5.11 Å². The molecule has 1 aromatic rings. The van der Waals surface area contributed by atoms with Gasteiger partial charge in [-0.25, -0.2) is 4.99 Å². The van der Waals surface area contributed by atoms with Gasteiger partial charge in [0.05, 0.1) is 24.7 Å². The number of rotatable bonds is 5. The molecule has 1 atom stereocenters. The molecule has 0 radical (unpaired) electrons. The first-order valence-electron chi connectivity index (χ1n) is 6.55. The molecule has 3 N–H and O–H groups in total. The van der Waals surface area contributed by atoms with Gasteiger partial charge in [0.2, 0.25) is 0 Å². The number of thioether (sulfide) groups is 1. The minimum atomic E-state index is -0.601. The number of guanidine groups is 1. The number of hydrogen-bond acceptors (Lipinski definition) is 4. The van der Waals surface area contributed by atoms with E-state index in [0.29, 0.717) is 13.1 Å². The van der Waals surface area contributed by atoms with Gasteiger partial charge in [0, 0.05) is 24.4 Å². The Morgan fingerprint density at radius 2 is 2.40 bits per heavy atom. The van der Waals surface area contributed by atoms with Gasteiger partial charge in [-0.2, -0.15) is 11.8 Å². The van der Waals surface area contributed by atoms with Crippen molar-refractivity contribution in [1.82, 2.24) is 10.6 Å².